The topological polar surface area (TPSA) is 9.23 Å². The lowest BCUT2D eigenvalue weighted by Gasteiger charge is -1.85. The van der Waals surface area contributed by atoms with Crippen LogP contribution in [0.4, 0.5) is 0 Å². The predicted molar refractivity (Wildman–Crippen MR) is 26.4 cm³/mol. The molecule has 0 N–H and O–H groups in total. The molecule has 1 fully saturated rings. The van der Waals surface area contributed by atoms with Crippen molar-refractivity contribution in [3.05, 3.63) is 31.8 Å². The number of ether oxygens (including phenoxy) is 1. The smallest absolute Gasteiger partial charge is 0.329 e. The Labute approximate surface area is 44.7 Å². The molecule has 0 atom stereocenters. The summed E-state index contributed by atoms with van der Waals surface area (Å²) < 4.78 is 4.80. The first kappa shape index (κ1) is 4.98. The molecular formula is C6H6O+. The Hall–Kier alpha value is -0.170. The highest BCUT2D eigenvalue weighted by molar-refractivity contribution is 5.30. The molecule has 1 heteroatoms. The van der Waals surface area contributed by atoms with E-state index in [1.54, 1.807) is 7.11 Å². The normalized spacial score (nSPS) is 22.4. The van der Waals surface area contributed by atoms with Gasteiger partial charge >= 0.3 is 12.5 Å². The number of hydrogen-bond acceptors (Lipinski definition) is 1. The van der Waals surface area contributed by atoms with E-state index in [9.17, 15) is 0 Å². The van der Waals surface area contributed by atoms with Crippen molar-refractivity contribution in [3.8, 4) is 0 Å². The van der Waals surface area contributed by atoms with Crippen LogP contribution in [0.3, 0.4) is 0 Å². The molecule has 0 bridgehead atoms. The fourth-order valence-electron chi connectivity index (χ4n) is 0.441. The maximum atomic E-state index is 4.80. The number of methoxy groups -OCH3 is 1. The van der Waals surface area contributed by atoms with E-state index in [0.717, 1.165) is 6.10 Å². The average Bonchev–Trinajstić information content (AvgIpc) is 2.14. The molecule has 0 saturated heterocycles. The summed E-state index contributed by atoms with van der Waals surface area (Å²) in [5.74, 6) is 0. The molecule has 1 rings (SSSR count). The molecular weight excluding hydrogens is 88.1 g/mol. The van der Waals surface area contributed by atoms with Crippen LogP contribution in [-0.2, 0) is 4.74 Å². The van der Waals surface area contributed by atoms with Crippen molar-refractivity contribution in [2.45, 2.75) is 0 Å². The summed E-state index contributed by atoms with van der Waals surface area (Å²) in [7, 11) is 1.63. The monoisotopic (exact) mass is 94.0 g/mol. The molecule has 7 heavy (non-hydrogen) atoms. The molecule has 0 amide bonds. The summed E-state index contributed by atoms with van der Waals surface area (Å²) in [5.41, 5.74) is 0. The first-order valence-electron chi connectivity index (χ1n) is 2.11. The van der Waals surface area contributed by atoms with Gasteiger partial charge in [-0.15, -0.1) is 0 Å². The van der Waals surface area contributed by atoms with E-state index in [4.69, 9.17) is 4.74 Å². The van der Waals surface area contributed by atoms with Gasteiger partial charge in [0.25, 0.3) is 0 Å². The van der Waals surface area contributed by atoms with Crippen LogP contribution < -0.4 is 0 Å². The number of hydrogen-bond donors (Lipinski definition) is 0. The minimum absolute atomic E-state index is 0.806. The SMILES string of the molecule is CO[C]1[C+][CH][CH][CH]1. The van der Waals surface area contributed by atoms with Gasteiger partial charge in [-0.05, 0) is 0 Å². The van der Waals surface area contributed by atoms with Crippen LogP contribution in [0, 0.1) is 31.8 Å². The van der Waals surface area contributed by atoms with Gasteiger partial charge in [-0.2, -0.15) is 0 Å². The summed E-state index contributed by atoms with van der Waals surface area (Å²) in [6.07, 6.45) is 9.24. The Bertz CT molecular complexity index is 46.1. The Balaban J connectivity index is 2.14. The Morgan fingerprint density at radius 3 is 2.86 bits per heavy atom. The molecule has 35 valence electrons. The minimum Gasteiger partial charge on any atom is -0.329 e. The summed E-state index contributed by atoms with van der Waals surface area (Å²) in [6.45, 7) is 0. The highest BCUT2D eigenvalue weighted by Crippen LogP contribution is 2.22. The summed E-state index contributed by atoms with van der Waals surface area (Å²) in [6, 6.07) is 0. The van der Waals surface area contributed by atoms with E-state index in [1.807, 2.05) is 19.3 Å². The predicted octanol–water partition coefficient (Wildman–Crippen LogP) is 0.873. The zero-order valence-corrected chi connectivity index (χ0v) is 4.14. The van der Waals surface area contributed by atoms with E-state index in [1.165, 1.54) is 0 Å². The third kappa shape index (κ3) is 1.10. The molecule has 0 aromatic rings. The van der Waals surface area contributed by atoms with Gasteiger partial charge in [-0.25, -0.2) is 0 Å². The van der Waals surface area contributed by atoms with Gasteiger partial charge in [0, 0.05) is 13.5 Å². The molecule has 1 aliphatic rings. The average molecular weight is 94.1 g/mol. The van der Waals surface area contributed by atoms with Crippen molar-refractivity contribution < 1.29 is 4.74 Å². The minimum atomic E-state index is 0.806. The summed E-state index contributed by atoms with van der Waals surface area (Å²) >= 11 is 0. The lowest BCUT2D eigenvalue weighted by atomic mass is 10.3. The van der Waals surface area contributed by atoms with Crippen LogP contribution >= 0.6 is 0 Å². The fraction of sp³-hybridized carbons (Fsp3) is 0.167. The van der Waals surface area contributed by atoms with Crippen LogP contribution in [0.2, 0.25) is 0 Å². The highest BCUT2D eigenvalue weighted by atomic mass is 16.5. The molecule has 1 aliphatic carbocycles. The third-order valence-corrected chi connectivity index (χ3v) is 0.789. The molecule has 0 aromatic heterocycles. The lowest BCUT2D eigenvalue weighted by molar-refractivity contribution is 0.246. The van der Waals surface area contributed by atoms with Crippen molar-refractivity contribution in [3.63, 3.8) is 0 Å². The second kappa shape index (κ2) is 2.22. The van der Waals surface area contributed by atoms with Gasteiger partial charge in [0.15, 0.2) is 0 Å². The summed E-state index contributed by atoms with van der Waals surface area (Å²) in [5, 5.41) is 0. The Morgan fingerprint density at radius 2 is 2.57 bits per heavy atom. The van der Waals surface area contributed by atoms with Crippen LogP contribution in [0.1, 0.15) is 0 Å². The second-order valence-corrected chi connectivity index (χ2v) is 1.24. The molecule has 0 aromatic carbocycles. The zero-order valence-electron chi connectivity index (χ0n) is 4.14. The highest BCUT2D eigenvalue weighted by Gasteiger charge is 2.33. The Morgan fingerprint density at radius 1 is 1.71 bits per heavy atom. The largest absolute Gasteiger partial charge is 0.336 e. The lowest BCUT2D eigenvalue weighted by Crippen LogP contribution is -1.91. The molecule has 1 saturated carbocycles. The molecule has 0 spiro atoms. The van der Waals surface area contributed by atoms with E-state index in [0.29, 0.717) is 0 Å². The van der Waals surface area contributed by atoms with Crippen molar-refractivity contribution in [2.24, 2.45) is 0 Å². The molecule has 5 radical (unpaired) electrons. The summed E-state index contributed by atoms with van der Waals surface area (Å²) in [4.78, 5) is 0. The van der Waals surface area contributed by atoms with Gasteiger partial charge in [0.2, 0.25) is 6.42 Å². The fourth-order valence-corrected chi connectivity index (χ4v) is 0.441. The van der Waals surface area contributed by atoms with E-state index in [2.05, 4.69) is 6.42 Å². The first-order valence-corrected chi connectivity index (χ1v) is 2.11. The van der Waals surface area contributed by atoms with Crippen LogP contribution in [0.25, 0.3) is 0 Å². The van der Waals surface area contributed by atoms with Gasteiger partial charge < -0.3 is 4.74 Å². The molecule has 0 heterocycles. The maximum absolute atomic E-state index is 4.80. The standard InChI is InChI=1S/C6H6O/c1-7-6-4-2-3-5-6/h2-4H,1H3/q+1. The molecule has 0 aliphatic heterocycles. The van der Waals surface area contributed by atoms with Crippen LogP contribution in [0.5, 0.6) is 0 Å². The Kier molecular flexibility index (Phi) is 1.58. The second-order valence-electron chi connectivity index (χ2n) is 1.24. The first-order chi connectivity index (χ1) is 3.43. The van der Waals surface area contributed by atoms with Crippen LogP contribution in [0.15, 0.2) is 0 Å². The maximum Gasteiger partial charge on any atom is 0.336 e. The van der Waals surface area contributed by atoms with Gasteiger partial charge in [-0.1, -0.05) is 0 Å². The van der Waals surface area contributed by atoms with Crippen LogP contribution in [-0.4, -0.2) is 7.11 Å². The van der Waals surface area contributed by atoms with Crippen molar-refractivity contribution in [1.29, 1.82) is 0 Å². The van der Waals surface area contributed by atoms with E-state index >= 15 is 0 Å². The van der Waals surface area contributed by atoms with Gasteiger partial charge in [0.1, 0.15) is 0 Å². The number of rotatable bonds is 1. The van der Waals surface area contributed by atoms with E-state index in [-0.39, 0.29) is 0 Å². The quantitative estimate of drug-likeness (QED) is 0.438. The third-order valence-electron chi connectivity index (χ3n) is 0.789. The molecule has 0 unspecified atom stereocenters. The molecule has 1 nitrogen and oxygen atoms in total. The van der Waals surface area contributed by atoms with Crippen molar-refractivity contribution in [1.82, 2.24) is 0 Å². The zero-order chi connectivity index (χ0) is 5.11. The van der Waals surface area contributed by atoms with Crippen molar-refractivity contribution >= 4 is 0 Å². The van der Waals surface area contributed by atoms with Gasteiger partial charge in [-0.3, -0.25) is 0 Å². The van der Waals surface area contributed by atoms with Gasteiger partial charge in [0.05, 0.1) is 6.42 Å². The van der Waals surface area contributed by atoms with E-state index < -0.39 is 0 Å². The van der Waals surface area contributed by atoms with Crippen molar-refractivity contribution in [2.75, 3.05) is 7.11 Å².